The Morgan fingerprint density at radius 1 is 1.38 bits per heavy atom. The molecule has 2 aromatic heterocycles. The number of hydrogen-bond acceptors (Lipinski definition) is 4. The van der Waals surface area contributed by atoms with Gasteiger partial charge in [-0.2, -0.15) is 10.1 Å². The fourth-order valence-corrected chi connectivity index (χ4v) is 2.18. The van der Waals surface area contributed by atoms with E-state index in [0.29, 0.717) is 29.5 Å². The zero-order valence-corrected chi connectivity index (χ0v) is 9.27. The zero-order valence-electron chi connectivity index (χ0n) is 9.27. The van der Waals surface area contributed by atoms with Crippen molar-refractivity contribution in [2.45, 2.75) is 26.7 Å². The fourth-order valence-electron chi connectivity index (χ4n) is 2.18. The van der Waals surface area contributed by atoms with Gasteiger partial charge in [0.15, 0.2) is 5.78 Å². The van der Waals surface area contributed by atoms with E-state index in [1.165, 1.54) is 0 Å². The predicted molar refractivity (Wildman–Crippen MR) is 57.3 cm³/mol. The lowest BCUT2D eigenvalue weighted by molar-refractivity contribution is 0.0951. The molecule has 0 aromatic carbocycles. The summed E-state index contributed by atoms with van der Waals surface area (Å²) in [4.78, 5) is 20.5. The van der Waals surface area contributed by atoms with E-state index in [4.69, 9.17) is 0 Å². The average Bonchev–Trinajstić information content (AvgIpc) is 2.54. The molecule has 3 rings (SSSR count). The largest absolute Gasteiger partial charge is 0.294 e. The summed E-state index contributed by atoms with van der Waals surface area (Å²) in [5, 5.41) is 4.17. The van der Waals surface area contributed by atoms with Gasteiger partial charge in [-0.15, -0.1) is 0 Å². The van der Waals surface area contributed by atoms with Gasteiger partial charge in [-0.05, 0) is 19.3 Å². The Morgan fingerprint density at radius 2 is 2.19 bits per heavy atom. The van der Waals surface area contributed by atoms with Gasteiger partial charge >= 0.3 is 0 Å². The van der Waals surface area contributed by atoms with Crippen molar-refractivity contribution in [2.24, 2.45) is 5.92 Å². The van der Waals surface area contributed by atoms with Gasteiger partial charge in [-0.1, -0.05) is 6.92 Å². The first-order chi connectivity index (χ1) is 7.63. The second-order valence-corrected chi connectivity index (χ2v) is 4.44. The zero-order chi connectivity index (χ0) is 11.3. The van der Waals surface area contributed by atoms with Gasteiger partial charge in [0.2, 0.25) is 0 Å². The summed E-state index contributed by atoms with van der Waals surface area (Å²) in [7, 11) is 0. The highest BCUT2D eigenvalue weighted by Gasteiger charge is 2.24. The van der Waals surface area contributed by atoms with Crippen molar-refractivity contribution in [1.29, 1.82) is 0 Å². The minimum atomic E-state index is 0.163. The van der Waals surface area contributed by atoms with Crippen molar-refractivity contribution in [3.05, 3.63) is 23.3 Å². The van der Waals surface area contributed by atoms with Crippen LogP contribution in [0.2, 0.25) is 0 Å². The molecule has 0 saturated heterocycles. The molecule has 0 spiro atoms. The van der Waals surface area contributed by atoms with Gasteiger partial charge in [0.25, 0.3) is 5.78 Å². The molecular weight excluding hydrogens is 204 g/mol. The Hall–Kier alpha value is -1.78. The number of rotatable bonds is 0. The molecule has 1 aliphatic carbocycles. The lowest BCUT2D eigenvalue weighted by Gasteiger charge is -2.18. The topological polar surface area (TPSA) is 60.1 Å². The first-order valence-corrected chi connectivity index (χ1v) is 5.39. The standard InChI is InChI=1S/C11H12N4O/c1-6-3-9-8(10(16)4-6)5-15-11(13-9)12-7(2)14-15/h5-6H,3-4H2,1-2H3. The van der Waals surface area contributed by atoms with Crippen molar-refractivity contribution >= 4 is 11.6 Å². The van der Waals surface area contributed by atoms with E-state index in [9.17, 15) is 4.79 Å². The van der Waals surface area contributed by atoms with Crippen LogP contribution in [0.3, 0.4) is 0 Å². The highest BCUT2D eigenvalue weighted by Crippen LogP contribution is 2.23. The van der Waals surface area contributed by atoms with Crippen LogP contribution in [0.1, 0.15) is 35.2 Å². The maximum absolute atomic E-state index is 11.8. The van der Waals surface area contributed by atoms with E-state index in [1.54, 1.807) is 10.7 Å². The maximum Gasteiger partial charge on any atom is 0.252 e. The fraction of sp³-hybridized carbons (Fsp3) is 0.455. The van der Waals surface area contributed by atoms with Gasteiger partial charge in [0.1, 0.15) is 5.82 Å². The van der Waals surface area contributed by atoms with Crippen LogP contribution in [0.15, 0.2) is 6.20 Å². The van der Waals surface area contributed by atoms with E-state index in [1.807, 2.05) is 6.92 Å². The summed E-state index contributed by atoms with van der Waals surface area (Å²) >= 11 is 0. The number of hydrogen-bond donors (Lipinski definition) is 0. The summed E-state index contributed by atoms with van der Waals surface area (Å²) in [6, 6.07) is 0. The summed E-state index contributed by atoms with van der Waals surface area (Å²) < 4.78 is 1.59. The molecule has 1 unspecified atom stereocenters. The highest BCUT2D eigenvalue weighted by molar-refractivity contribution is 5.98. The van der Waals surface area contributed by atoms with Crippen LogP contribution >= 0.6 is 0 Å². The summed E-state index contributed by atoms with van der Waals surface area (Å²) in [5.41, 5.74) is 1.57. The van der Waals surface area contributed by atoms with Crippen LogP contribution in [0.5, 0.6) is 0 Å². The summed E-state index contributed by atoms with van der Waals surface area (Å²) in [6.07, 6.45) is 3.21. The third-order valence-corrected chi connectivity index (χ3v) is 2.89. The second-order valence-electron chi connectivity index (χ2n) is 4.44. The minimum absolute atomic E-state index is 0.163. The Bertz CT molecular complexity index is 587. The van der Waals surface area contributed by atoms with Gasteiger partial charge in [-0.25, -0.2) is 9.50 Å². The molecule has 2 aromatic rings. The van der Waals surface area contributed by atoms with E-state index in [0.717, 1.165) is 12.1 Å². The molecular formula is C11H12N4O. The molecule has 1 atom stereocenters. The average molecular weight is 216 g/mol. The number of fused-ring (bicyclic) bond motifs is 2. The first-order valence-electron chi connectivity index (χ1n) is 5.39. The smallest absolute Gasteiger partial charge is 0.252 e. The summed E-state index contributed by atoms with van der Waals surface area (Å²) in [5.74, 6) is 1.80. The molecule has 0 aliphatic heterocycles. The molecule has 0 saturated carbocycles. The molecule has 0 fully saturated rings. The highest BCUT2D eigenvalue weighted by atomic mass is 16.1. The van der Waals surface area contributed by atoms with E-state index >= 15 is 0 Å². The quantitative estimate of drug-likeness (QED) is 0.663. The third kappa shape index (κ3) is 1.31. The lowest BCUT2D eigenvalue weighted by Crippen LogP contribution is -2.20. The number of carbonyl (C=O) groups is 1. The Morgan fingerprint density at radius 3 is 3.00 bits per heavy atom. The molecule has 2 heterocycles. The normalized spacial score (nSPS) is 20.1. The van der Waals surface area contributed by atoms with Crippen LogP contribution in [-0.2, 0) is 6.42 Å². The Labute approximate surface area is 92.5 Å². The number of carbonyl (C=O) groups excluding carboxylic acids is 1. The van der Waals surface area contributed by atoms with Crippen molar-refractivity contribution in [3.8, 4) is 0 Å². The molecule has 0 bridgehead atoms. The van der Waals surface area contributed by atoms with Crippen LogP contribution < -0.4 is 0 Å². The number of nitrogens with zero attached hydrogens (tertiary/aromatic N) is 4. The Kier molecular flexibility index (Phi) is 1.83. The third-order valence-electron chi connectivity index (χ3n) is 2.89. The lowest BCUT2D eigenvalue weighted by atomic mass is 9.88. The number of aromatic nitrogens is 4. The molecule has 5 heteroatoms. The van der Waals surface area contributed by atoms with Gasteiger partial charge < -0.3 is 0 Å². The summed E-state index contributed by atoms with van der Waals surface area (Å²) in [6.45, 7) is 3.89. The van der Waals surface area contributed by atoms with E-state index in [2.05, 4.69) is 22.0 Å². The van der Waals surface area contributed by atoms with Crippen LogP contribution in [0.4, 0.5) is 0 Å². The SMILES string of the molecule is Cc1nc2nc3c(cn2n1)C(=O)CC(C)C3. The van der Waals surface area contributed by atoms with Crippen molar-refractivity contribution in [1.82, 2.24) is 19.6 Å². The molecule has 0 N–H and O–H groups in total. The van der Waals surface area contributed by atoms with Crippen molar-refractivity contribution in [2.75, 3.05) is 0 Å². The molecule has 16 heavy (non-hydrogen) atoms. The number of ketones is 1. The van der Waals surface area contributed by atoms with Gasteiger partial charge in [0.05, 0.1) is 11.3 Å². The number of aryl methyl sites for hydroxylation is 1. The maximum atomic E-state index is 11.8. The van der Waals surface area contributed by atoms with Crippen LogP contribution in [0.25, 0.3) is 5.78 Å². The minimum Gasteiger partial charge on any atom is -0.294 e. The Balaban J connectivity index is 2.25. The predicted octanol–water partition coefficient (Wildman–Crippen LogP) is 1.20. The van der Waals surface area contributed by atoms with E-state index < -0.39 is 0 Å². The number of Topliss-reactive ketones (excluding diaryl/α,β-unsaturated/α-hetero) is 1. The van der Waals surface area contributed by atoms with Crippen LogP contribution in [-0.4, -0.2) is 25.4 Å². The van der Waals surface area contributed by atoms with Gasteiger partial charge in [0, 0.05) is 12.6 Å². The monoisotopic (exact) mass is 216 g/mol. The molecule has 0 radical (unpaired) electrons. The molecule has 0 amide bonds. The molecule has 1 aliphatic rings. The van der Waals surface area contributed by atoms with Crippen LogP contribution in [0, 0.1) is 12.8 Å². The van der Waals surface area contributed by atoms with Gasteiger partial charge in [-0.3, -0.25) is 4.79 Å². The molecule has 82 valence electrons. The van der Waals surface area contributed by atoms with Crippen molar-refractivity contribution in [3.63, 3.8) is 0 Å². The van der Waals surface area contributed by atoms with E-state index in [-0.39, 0.29) is 5.78 Å². The second kappa shape index (κ2) is 3.10. The van der Waals surface area contributed by atoms with Crippen molar-refractivity contribution < 1.29 is 4.79 Å². The first kappa shape index (κ1) is 9.45. The molecule has 5 nitrogen and oxygen atoms in total.